The van der Waals surface area contributed by atoms with Crippen molar-refractivity contribution in [2.24, 2.45) is 0 Å². The molecule has 0 bridgehead atoms. The van der Waals surface area contributed by atoms with Crippen molar-refractivity contribution in [2.75, 3.05) is 19.8 Å². The molecule has 0 aromatic rings. The Kier molecular flexibility index (Phi) is 37.5. The Morgan fingerprint density at radius 1 is 0.571 bits per heavy atom. The number of aliphatic hydroxyl groups excluding tert-OH is 1. The number of rotatable bonds is 40. The van der Waals surface area contributed by atoms with Gasteiger partial charge in [0.15, 0.2) is 6.04 Å². The normalized spacial score (nSPS) is 14.2. The van der Waals surface area contributed by atoms with Crippen LogP contribution in [0.15, 0.2) is 48.6 Å². The summed E-state index contributed by atoms with van der Waals surface area (Å²) in [5, 5.41) is 21.8. The fourth-order valence-corrected chi connectivity index (χ4v) is 6.49. The maximum absolute atomic E-state index is 12.3. The third kappa shape index (κ3) is 38.3. The van der Waals surface area contributed by atoms with Gasteiger partial charge in [0, 0.05) is 12.8 Å². The van der Waals surface area contributed by atoms with E-state index in [-0.39, 0.29) is 12.8 Å². The van der Waals surface area contributed by atoms with Gasteiger partial charge in [-0.1, -0.05) is 165 Å². The van der Waals surface area contributed by atoms with Gasteiger partial charge in [-0.05, 0) is 51.4 Å². The molecule has 3 atom stereocenters. The van der Waals surface area contributed by atoms with Crippen molar-refractivity contribution in [1.82, 2.24) is 5.32 Å². The van der Waals surface area contributed by atoms with E-state index in [0.29, 0.717) is 19.3 Å². The van der Waals surface area contributed by atoms with Gasteiger partial charge in [0.1, 0.15) is 12.7 Å². The van der Waals surface area contributed by atoms with Crippen molar-refractivity contribution in [3.63, 3.8) is 0 Å². The number of carbonyl (C=O) groups excluding carboxylic acids is 2. The molecule has 12 heteroatoms. The summed E-state index contributed by atoms with van der Waals surface area (Å²) in [5.74, 6) is -2.43. The van der Waals surface area contributed by atoms with Crippen molar-refractivity contribution in [3.05, 3.63) is 48.6 Å². The Hall–Kier alpha value is -2.56. The van der Waals surface area contributed by atoms with Gasteiger partial charge in [0.05, 0.1) is 13.2 Å². The third-order valence-corrected chi connectivity index (χ3v) is 10.1. The van der Waals surface area contributed by atoms with E-state index in [2.05, 4.69) is 55.6 Å². The average molecular weight is 812 g/mol. The molecule has 0 saturated carbocycles. The van der Waals surface area contributed by atoms with Crippen LogP contribution in [0, 0.1) is 0 Å². The van der Waals surface area contributed by atoms with Crippen LogP contribution in [0.1, 0.15) is 181 Å². The topological polar surface area (TPSA) is 169 Å². The molecule has 0 fully saturated rings. The molecule has 11 nitrogen and oxygen atoms in total. The number of allylic oxidation sites excluding steroid dienone is 8. The lowest BCUT2D eigenvalue weighted by Crippen LogP contribution is -2.43. The minimum absolute atomic E-state index is 0.144. The number of phosphoric acid groups is 1. The number of amides is 1. The molecule has 0 aliphatic rings. The van der Waals surface area contributed by atoms with Crippen LogP contribution < -0.4 is 5.32 Å². The zero-order chi connectivity index (χ0) is 41.4. The zero-order valence-corrected chi connectivity index (χ0v) is 35.8. The number of unbranched alkanes of at least 4 members (excludes halogenated alkanes) is 18. The number of aliphatic hydroxyl groups is 1. The van der Waals surface area contributed by atoms with Crippen molar-refractivity contribution in [2.45, 2.75) is 193 Å². The van der Waals surface area contributed by atoms with Crippen LogP contribution in [0.4, 0.5) is 0 Å². The predicted molar refractivity (Wildman–Crippen MR) is 226 cm³/mol. The minimum atomic E-state index is -4.77. The molecule has 0 heterocycles. The molecule has 1 amide bonds. The Morgan fingerprint density at radius 2 is 1.00 bits per heavy atom. The van der Waals surface area contributed by atoms with Crippen molar-refractivity contribution in [1.29, 1.82) is 0 Å². The molecule has 56 heavy (non-hydrogen) atoms. The van der Waals surface area contributed by atoms with Gasteiger partial charge in [0.25, 0.3) is 0 Å². The van der Waals surface area contributed by atoms with E-state index >= 15 is 0 Å². The summed E-state index contributed by atoms with van der Waals surface area (Å²) in [7, 11) is -4.77. The van der Waals surface area contributed by atoms with Crippen LogP contribution >= 0.6 is 7.82 Å². The third-order valence-electron chi connectivity index (χ3n) is 9.12. The second-order valence-corrected chi connectivity index (χ2v) is 16.0. The number of hydrogen-bond donors (Lipinski definition) is 4. The molecule has 0 aliphatic carbocycles. The minimum Gasteiger partial charge on any atom is -0.480 e. The Bertz CT molecular complexity index is 1140. The van der Waals surface area contributed by atoms with Crippen LogP contribution in [-0.2, 0) is 32.7 Å². The average Bonchev–Trinajstić information content (AvgIpc) is 3.17. The number of carboxylic acids is 1. The highest BCUT2D eigenvalue weighted by Gasteiger charge is 2.28. The maximum Gasteiger partial charge on any atom is 0.472 e. The lowest BCUT2D eigenvalue weighted by Gasteiger charge is -2.18. The number of ether oxygens (including phenoxy) is 1. The van der Waals surface area contributed by atoms with Crippen LogP contribution in [0.5, 0.6) is 0 Å². The lowest BCUT2D eigenvalue weighted by molar-refractivity contribution is -0.147. The summed E-state index contributed by atoms with van der Waals surface area (Å²) in [6, 6.07) is -1.55. The van der Waals surface area contributed by atoms with Crippen molar-refractivity contribution < 1.29 is 47.8 Å². The lowest BCUT2D eigenvalue weighted by atomic mass is 10.0. The second-order valence-electron chi connectivity index (χ2n) is 14.5. The monoisotopic (exact) mass is 812 g/mol. The largest absolute Gasteiger partial charge is 0.480 e. The SMILES string of the molecule is CCCCC/C=C\C/C=C\C/C=C\C/C=C\CCCC(=O)OCC(O)COP(=O)(O)OCC(NC(=O)CCCCCCCCCCCCCCCCC)C(=O)O. The van der Waals surface area contributed by atoms with E-state index < -0.39 is 57.6 Å². The number of carbonyl (C=O) groups is 3. The van der Waals surface area contributed by atoms with Gasteiger partial charge in [-0.2, -0.15) is 0 Å². The molecular weight excluding hydrogens is 733 g/mol. The summed E-state index contributed by atoms with van der Waals surface area (Å²) < 4.78 is 26.8. The van der Waals surface area contributed by atoms with Gasteiger partial charge in [-0.25, -0.2) is 9.36 Å². The van der Waals surface area contributed by atoms with Crippen LogP contribution in [0.25, 0.3) is 0 Å². The van der Waals surface area contributed by atoms with E-state index in [1.54, 1.807) is 0 Å². The molecule has 0 aromatic carbocycles. The van der Waals surface area contributed by atoms with Crippen LogP contribution in [-0.4, -0.2) is 64.9 Å². The first-order valence-corrected chi connectivity index (χ1v) is 23.2. The van der Waals surface area contributed by atoms with Gasteiger partial charge < -0.3 is 25.2 Å². The second kappa shape index (κ2) is 39.3. The number of phosphoric ester groups is 1. The van der Waals surface area contributed by atoms with Crippen LogP contribution in [0.2, 0.25) is 0 Å². The summed E-state index contributed by atoms with van der Waals surface area (Å²) >= 11 is 0. The van der Waals surface area contributed by atoms with Gasteiger partial charge in [-0.3, -0.25) is 18.6 Å². The molecular formula is C44H78NO10P. The first-order chi connectivity index (χ1) is 27.1. The smallest absolute Gasteiger partial charge is 0.472 e. The van der Waals surface area contributed by atoms with Gasteiger partial charge in [-0.15, -0.1) is 0 Å². The first kappa shape index (κ1) is 53.4. The molecule has 0 aromatic heterocycles. The van der Waals surface area contributed by atoms with E-state index in [1.165, 1.54) is 89.9 Å². The number of aliphatic carboxylic acids is 1. The fraction of sp³-hybridized carbons (Fsp3) is 0.750. The van der Waals surface area contributed by atoms with Crippen LogP contribution in [0.3, 0.4) is 0 Å². The number of hydrogen-bond acceptors (Lipinski definition) is 8. The number of nitrogens with one attached hydrogen (secondary N) is 1. The van der Waals surface area contributed by atoms with Gasteiger partial charge in [0.2, 0.25) is 5.91 Å². The molecule has 0 rings (SSSR count). The van der Waals surface area contributed by atoms with E-state index in [0.717, 1.165) is 44.9 Å². The molecule has 0 saturated heterocycles. The summed E-state index contributed by atoms with van der Waals surface area (Å²) in [5.41, 5.74) is 0. The fourth-order valence-electron chi connectivity index (χ4n) is 5.72. The Morgan fingerprint density at radius 3 is 1.50 bits per heavy atom. The van der Waals surface area contributed by atoms with Gasteiger partial charge >= 0.3 is 19.8 Å². The molecule has 0 spiro atoms. The molecule has 4 N–H and O–H groups in total. The highest BCUT2D eigenvalue weighted by atomic mass is 31.2. The number of esters is 1. The molecule has 0 aliphatic heterocycles. The quantitative estimate of drug-likeness (QED) is 0.0202. The van der Waals surface area contributed by atoms with E-state index in [4.69, 9.17) is 13.8 Å². The Labute approximate surface area is 339 Å². The zero-order valence-electron chi connectivity index (χ0n) is 34.9. The van der Waals surface area contributed by atoms with E-state index in [1.807, 2.05) is 12.2 Å². The Balaban J connectivity index is 3.98. The highest BCUT2D eigenvalue weighted by molar-refractivity contribution is 7.47. The molecule has 324 valence electrons. The molecule has 3 unspecified atom stereocenters. The maximum atomic E-state index is 12.3. The summed E-state index contributed by atoms with van der Waals surface area (Å²) in [6.07, 6.45) is 42.8. The summed E-state index contributed by atoms with van der Waals surface area (Å²) in [4.78, 5) is 45.8. The number of carboxylic acid groups (broad SMARTS) is 1. The van der Waals surface area contributed by atoms with Crippen molar-refractivity contribution >= 4 is 25.7 Å². The van der Waals surface area contributed by atoms with E-state index in [9.17, 15) is 34.1 Å². The first-order valence-electron chi connectivity index (χ1n) is 21.7. The standard InChI is InChI=1S/C44H78NO10P/c1-3-5-7-9-11-13-15-17-19-20-22-24-26-28-30-32-34-36-43(48)53-37-40(46)38-54-56(51,52)55-39-41(44(49)50)45-42(47)35-33-31-29-27-25-23-21-18-16-14-12-10-8-6-4-2/h11,13,17,19,22,24,28,30,40-41,46H,3-10,12,14-16,18,20-21,23,25-27,29,31-39H2,1-2H3,(H,45,47)(H,49,50)(H,51,52)/b13-11-,19-17-,24-22-,30-28-. The predicted octanol–water partition coefficient (Wildman–Crippen LogP) is 11.0. The highest BCUT2D eigenvalue weighted by Crippen LogP contribution is 2.43. The summed E-state index contributed by atoms with van der Waals surface area (Å²) in [6.45, 7) is 2.51. The molecule has 0 radical (unpaired) electrons. The van der Waals surface area contributed by atoms with Crippen molar-refractivity contribution in [3.8, 4) is 0 Å².